The zero-order valence-corrected chi connectivity index (χ0v) is 14.1. The normalized spacial score (nSPS) is 26.7. The molecule has 1 aliphatic carbocycles. The van der Waals surface area contributed by atoms with E-state index in [0.29, 0.717) is 6.54 Å². The van der Waals surface area contributed by atoms with Gasteiger partial charge in [0.15, 0.2) is 0 Å². The molecule has 2 heterocycles. The molecular formula is C18H27N3O3. The molecule has 0 radical (unpaired) electrons. The third-order valence-electron chi connectivity index (χ3n) is 5.05. The number of aliphatic hydroxyl groups excluding tert-OH is 1. The van der Waals surface area contributed by atoms with Crippen molar-refractivity contribution in [3.8, 4) is 0 Å². The van der Waals surface area contributed by atoms with Crippen LogP contribution in [0.5, 0.6) is 0 Å². The lowest BCUT2D eigenvalue weighted by Crippen LogP contribution is -2.45. The summed E-state index contributed by atoms with van der Waals surface area (Å²) in [5, 5.41) is 12.7. The molecule has 1 atom stereocenters. The van der Waals surface area contributed by atoms with Gasteiger partial charge in [-0.05, 0) is 37.8 Å². The molecule has 0 spiro atoms. The number of hydrogen-bond acceptors (Lipinski definition) is 5. The monoisotopic (exact) mass is 333 g/mol. The van der Waals surface area contributed by atoms with E-state index in [1.54, 1.807) is 6.20 Å². The minimum Gasteiger partial charge on any atom is -0.393 e. The topological polar surface area (TPSA) is 74.7 Å². The number of carbonyl (C=O) groups is 1. The van der Waals surface area contributed by atoms with Gasteiger partial charge in [-0.15, -0.1) is 0 Å². The Labute approximate surface area is 143 Å². The molecule has 0 bridgehead atoms. The zero-order chi connectivity index (χ0) is 16.8. The summed E-state index contributed by atoms with van der Waals surface area (Å²) in [6.45, 7) is 3.71. The molecule has 6 heteroatoms. The molecule has 24 heavy (non-hydrogen) atoms. The zero-order valence-electron chi connectivity index (χ0n) is 14.1. The Morgan fingerprint density at radius 3 is 2.71 bits per heavy atom. The SMILES string of the molecule is O=C(NC[C@@H](c1ccccn1)N1CCOCC1)C1CCC(O)CC1. The number of aliphatic hydroxyl groups is 1. The number of ether oxygens (including phenoxy) is 1. The van der Waals surface area contributed by atoms with Gasteiger partial charge in [0.05, 0.1) is 31.1 Å². The van der Waals surface area contributed by atoms with E-state index >= 15 is 0 Å². The van der Waals surface area contributed by atoms with Crippen molar-refractivity contribution < 1.29 is 14.6 Å². The Kier molecular flexibility index (Phi) is 6.18. The molecule has 1 saturated heterocycles. The second-order valence-electron chi connectivity index (χ2n) is 6.67. The highest BCUT2D eigenvalue weighted by Gasteiger charge is 2.28. The van der Waals surface area contributed by atoms with Gasteiger partial charge in [0.1, 0.15) is 0 Å². The van der Waals surface area contributed by atoms with E-state index in [2.05, 4.69) is 15.2 Å². The Bertz CT molecular complexity index is 512. The number of carbonyl (C=O) groups excluding carboxylic acids is 1. The van der Waals surface area contributed by atoms with Crippen LogP contribution in [-0.4, -0.2) is 59.8 Å². The molecule has 1 aliphatic heterocycles. The van der Waals surface area contributed by atoms with Gasteiger partial charge in [-0.3, -0.25) is 14.7 Å². The number of nitrogens with zero attached hydrogens (tertiary/aromatic N) is 2. The molecule has 1 aromatic rings. The predicted octanol–water partition coefficient (Wildman–Crippen LogP) is 1.12. The first-order valence-electron chi connectivity index (χ1n) is 8.92. The maximum absolute atomic E-state index is 12.5. The van der Waals surface area contributed by atoms with Crippen molar-refractivity contribution in [2.75, 3.05) is 32.8 Å². The van der Waals surface area contributed by atoms with E-state index in [4.69, 9.17) is 4.74 Å². The van der Waals surface area contributed by atoms with E-state index < -0.39 is 0 Å². The fourth-order valence-electron chi connectivity index (χ4n) is 3.56. The average molecular weight is 333 g/mol. The summed E-state index contributed by atoms with van der Waals surface area (Å²) in [7, 11) is 0. The first-order chi connectivity index (χ1) is 11.7. The second kappa shape index (κ2) is 8.55. The second-order valence-corrected chi connectivity index (χ2v) is 6.67. The maximum atomic E-state index is 12.5. The largest absolute Gasteiger partial charge is 0.393 e. The summed E-state index contributed by atoms with van der Waals surface area (Å²) in [4.78, 5) is 19.3. The van der Waals surface area contributed by atoms with Crippen LogP contribution in [0.2, 0.25) is 0 Å². The summed E-state index contributed by atoms with van der Waals surface area (Å²) >= 11 is 0. The van der Waals surface area contributed by atoms with Crippen LogP contribution in [0.4, 0.5) is 0 Å². The van der Waals surface area contributed by atoms with Gasteiger partial charge in [0.2, 0.25) is 5.91 Å². The number of amides is 1. The molecule has 3 rings (SSSR count). The number of morpholine rings is 1. The number of aromatic nitrogens is 1. The summed E-state index contributed by atoms with van der Waals surface area (Å²) in [5.74, 6) is 0.138. The molecular weight excluding hydrogens is 306 g/mol. The molecule has 2 fully saturated rings. The Morgan fingerprint density at radius 2 is 2.04 bits per heavy atom. The summed E-state index contributed by atoms with van der Waals surface area (Å²) < 4.78 is 5.44. The summed E-state index contributed by atoms with van der Waals surface area (Å²) in [6.07, 6.45) is 4.57. The third-order valence-corrected chi connectivity index (χ3v) is 5.05. The van der Waals surface area contributed by atoms with Crippen molar-refractivity contribution in [1.82, 2.24) is 15.2 Å². The van der Waals surface area contributed by atoms with Crippen LogP contribution in [-0.2, 0) is 9.53 Å². The molecule has 0 unspecified atom stereocenters. The number of nitrogens with one attached hydrogen (secondary N) is 1. The van der Waals surface area contributed by atoms with Gasteiger partial charge in [0.25, 0.3) is 0 Å². The van der Waals surface area contributed by atoms with Gasteiger partial charge in [0, 0.05) is 31.7 Å². The smallest absolute Gasteiger partial charge is 0.223 e. The minimum atomic E-state index is -0.233. The first kappa shape index (κ1) is 17.3. The number of pyridine rings is 1. The molecule has 2 aliphatic rings. The number of hydrogen-bond donors (Lipinski definition) is 2. The van der Waals surface area contributed by atoms with Crippen LogP contribution in [0, 0.1) is 5.92 Å². The van der Waals surface area contributed by atoms with Crippen molar-refractivity contribution >= 4 is 5.91 Å². The lowest BCUT2D eigenvalue weighted by molar-refractivity contribution is -0.126. The lowest BCUT2D eigenvalue weighted by atomic mass is 9.87. The Hall–Kier alpha value is -1.50. The van der Waals surface area contributed by atoms with E-state index in [1.165, 1.54) is 0 Å². The van der Waals surface area contributed by atoms with E-state index in [1.807, 2.05) is 18.2 Å². The Morgan fingerprint density at radius 1 is 1.29 bits per heavy atom. The van der Waals surface area contributed by atoms with Crippen molar-refractivity contribution in [2.45, 2.75) is 37.8 Å². The molecule has 1 amide bonds. The van der Waals surface area contributed by atoms with Crippen LogP contribution in [0.15, 0.2) is 24.4 Å². The Balaban J connectivity index is 1.60. The third kappa shape index (κ3) is 4.53. The van der Waals surface area contributed by atoms with E-state index in [-0.39, 0.29) is 24.0 Å². The molecule has 132 valence electrons. The summed E-state index contributed by atoms with van der Waals surface area (Å²) in [5.41, 5.74) is 0.985. The number of rotatable bonds is 5. The van der Waals surface area contributed by atoms with Crippen LogP contribution in [0.25, 0.3) is 0 Å². The standard InChI is InChI=1S/C18H27N3O3/c22-15-6-4-14(5-7-15)18(23)20-13-17(16-3-1-2-8-19-16)21-9-11-24-12-10-21/h1-3,8,14-15,17,22H,4-7,9-13H2,(H,20,23)/t14?,15?,17-/m0/s1. The fourth-order valence-corrected chi connectivity index (χ4v) is 3.56. The van der Waals surface area contributed by atoms with E-state index in [0.717, 1.165) is 57.7 Å². The minimum absolute atomic E-state index is 0.0301. The van der Waals surface area contributed by atoms with Gasteiger partial charge in [-0.2, -0.15) is 0 Å². The van der Waals surface area contributed by atoms with Crippen LogP contribution in [0.3, 0.4) is 0 Å². The maximum Gasteiger partial charge on any atom is 0.223 e. The quantitative estimate of drug-likeness (QED) is 0.845. The summed E-state index contributed by atoms with van der Waals surface area (Å²) in [6, 6.07) is 5.99. The highest BCUT2D eigenvalue weighted by atomic mass is 16.5. The fraction of sp³-hybridized carbons (Fsp3) is 0.667. The predicted molar refractivity (Wildman–Crippen MR) is 90.3 cm³/mol. The molecule has 1 aromatic heterocycles. The van der Waals surface area contributed by atoms with Crippen LogP contribution in [0.1, 0.15) is 37.4 Å². The molecule has 1 saturated carbocycles. The molecule has 2 N–H and O–H groups in total. The van der Waals surface area contributed by atoms with Crippen molar-refractivity contribution in [2.24, 2.45) is 5.92 Å². The van der Waals surface area contributed by atoms with Crippen molar-refractivity contribution in [3.63, 3.8) is 0 Å². The van der Waals surface area contributed by atoms with Gasteiger partial charge >= 0.3 is 0 Å². The first-order valence-corrected chi connectivity index (χ1v) is 8.92. The molecule has 6 nitrogen and oxygen atoms in total. The van der Waals surface area contributed by atoms with Gasteiger partial charge in [-0.25, -0.2) is 0 Å². The van der Waals surface area contributed by atoms with E-state index in [9.17, 15) is 9.90 Å². The average Bonchev–Trinajstić information content (AvgIpc) is 2.64. The molecule has 0 aromatic carbocycles. The van der Waals surface area contributed by atoms with Crippen LogP contribution < -0.4 is 5.32 Å². The lowest BCUT2D eigenvalue weighted by Gasteiger charge is -2.34. The van der Waals surface area contributed by atoms with Crippen LogP contribution >= 0.6 is 0 Å². The van der Waals surface area contributed by atoms with Gasteiger partial charge in [-0.1, -0.05) is 6.07 Å². The van der Waals surface area contributed by atoms with Crippen molar-refractivity contribution in [1.29, 1.82) is 0 Å². The van der Waals surface area contributed by atoms with Gasteiger partial charge < -0.3 is 15.2 Å². The van der Waals surface area contributed by atoms with Crippen molar-refractivity contribution in [3.05, 3.63) is 30.1 Å². The highest BCUT2D eigenvalue weighted by molar-refractivity contribution is 5.78. The highest BCUT2D eigenvalue weighted by Crippen LogP contribution is 2.25.